The predicted molar refractivity (Wildman–Crippen MR) is 88.3 cm³/mol. The van der Waals surface area contributed by atoms with Crippen LogP contribution in [0.3, 0.4) is 0 Å². The molecule has 0 radical (unpaired) electrons. The Morgan fingerprint density at radius 2 is 2.20 bits per heavy atom. The van der Waals surface area contributed by atoms with Gasteiger partial charge in [0.15, 0.2) is 0 Å². The van der Waals surface area contributed by atoms with Crippen molar-refractivity contribution in [2.24, 2.45) is 0 Å². The van der Waals surface area contributed by atoms with Gasteiger partial charge in [0.2, 0.25) is 0 Å². The van der Waals surface area contributed by atoms with Crippen molar-refractivity contribution in [2.75, 3.05) is 19.1 Å². The summed E-state index contributed by atoms with van der Waals surface area (Å²) in [5.74, 6) is 2.85. The molecule has 0 amide bonds. The largest absolute Gasteiger partial charge is 0.497 e. The van der Waals surface area contributed by atoms with Crippen LogP contribution in [0.5, 0.6) is 5.75 Å². The second-order valence-electron chi connectivity index (χ2n) is 4.83. The van der Waals surface area contributed by atoms with E-state index < -0.39 is 0 Å². The number of thioether (sulfide) groups is 1. The highest BCUT2D eigenvalue weighted by Crippen LogP contribution is 2.32. The van der Waals surface area contributed by atoms with E-state index in [1.807, 2.05) is 36.9 Å². The van der Waals surface area contributed by atoms with Crippen LogP contribution in [0.1, 0.15) is 37.5 Å². The maximum Gasteiger partial charge on any atom is 0.128 e. The summed E-state index contributed by atoms with van der Waals surface area (Å²) in [6.45, 7) is 4.18. The monoisotopic (exact) mass is 312 g/mol. The van der Waals surface area contributed by atoms with Crippen LogP contribution in [0.15, 0.2) is 18.2 Å². The molecular weight excluding hydrogens is 292 g/mol. The summed E-state index contributed by atoms with van der Waals surface area (Å²) >= 11 is 8.18. The molecule has 1 aromatic carbocycles. The van der Waals surface area contributed by atoms with Crippen LogP contribution in [0.2, 0.25) is 0 Å². The fourth-order valence-corrected chi connectivity index (χ4v) is 3.37. The van der Waals surface area contributed by atoms with Crippen LogP contribution in [0.25, 0.3) is 11.0 Å². The van der Waals surface area contributed by atoms with Crippen LogP contribution in [0.4, 0.5) is 0 Å². The number of ether oxygens (including phenoxy) is 1. The first-order valence-electron chi connectivity index (χ1n) is 6.81. The van der Waals surface area contributed by atoms with E-state index in [-0.39, 0.29) is 5.38 Å². The van der Waals surface area contributed by atoms with E-state index in [0.717, 1.165) is 34.8 Å². The summed E-state index contributed by atoms with van der Waals surface area (Å²) in [4.78, 5) is 4.70. The number of benzene rings is 1. The molecule has 0 bridgehead atoms. The molecule has 110 valence electrons. The lowest BCUT2D eigenvalue weighted by molar-refractivity contribution is 0.415. The van der Waals surface area contributed by atoms with Crippen LogP contribution in [0, 0.1) is 0 Å². The summed E-state index contributed by atoms with van der Waals surface area (Å²) in [7, 11) is 1.69. The Bertz CT molecular complexity index is 583. The summed E-state index contributed by atoms with van der Waals surface area (Å²) in [6.07, 6.45) is 3.19. The van der Waals surface area contributed by atoms with E-state index in [1.54, 1.807) is 7.11 Å². The number of fused-ring (bicyclic) bond motifs is 1. The molecule has 1 heterocycles. The van der Waals surface area contributed by atoms with Crippen molar-refractivity contribution in [3.8, 4) is 5.75 Å². The Morgan fingerprint density at radius 1 is 1.45 bits per heavy atom. The maximum absolute atomic E-state index is 6.33. The molecule has 5 heteroatoms. The minimum atomic E-state index is -0.107. The van der Waals surface area contributed by atoms with E-state index in [0.29, 0.717) is 6.04 Å². The molecule has 2 atom stereocenters. The third-order valence-corrected chi connectivity index (χ3v) is 4.39. The van der Waals surface area contributed by atoms with Crippen molar-refractivity contribution < 1.29 is 4.74 Å². The number of imidazole rings is 1. The van der Waals surface area contributed by atoms with Gasteiger partial charge in [0.1, 0.15) is 11.6 Å². The Morgan fingerprint density at radius 3 is 2.75 bits per heavy atom. The van der Waals surface area contributed by atoms with Gasteiger partial charge in [-0.15, -0.1) is 11.6 Å². The molecule has 2 unspecified atom stereocenters. The van der Waals surface area contributed by atoms with Gasteiger partial charge >= 0.3 is 0 Å². The molecule has 3 nitrogen and oxygen atoms in total. The lowest BCUT2D eigenvalue weighted by atomic mass is 10.2. The lowest BCUT2D eigenvalue weighted by Crippen LogP contribution is -2.14. The van der Waals surface area contributed by atoms with Gasteiger partial charge in [-0.25, -0.2) is 4.98 Å². The molecule has 2 aromatic rings. The molecule has 0 aliphatic heterocycles. The molecule has 0 saturated carbocycles. The van der Waals surface area contributed by atoms with Gasteiger partial charge in [-0.3, -0.25) is 0 Å². The van der Waals surface area contributed by atoms with Crippen molar-refractivity contribution in [3.05, 3.63) is 24.0 Å². The summed E-state index contributed by atoms with van der Waals surface area (Å²) < 4.78 is 7.62. The first kappa shape index (κ1) is 15.5. The smallest absolute Gasteiger partial charge is 0.128 e. The van der Waals surface area contributed by atoms with E-state index in [9.17, 15) is 0 Å². The first-order chi connectivity index (χ1) is 9.62. The third-order valence-electron chi connectivity index (χ3n) is 3.48. The molecule has 0 N–H and O–H groups in total. The Kier molecular flexibility index (Phi) is 5.22. The molecule has 2 rings (SSSR count). The topological polar surface area (TPSA) is 27.1 Å². The number of aromatic nitrogens is 2. The maximum atomic E-state index is 6.33. The number of alkyl halides is 1. The number of hydrogen-bond acceptors (Lipinski definition) is 3. The summed E-state index contributed by atoms with van der Waals surface area (Å²) in [6, 6.07) is 6.39. The summed E-state index contributed by atoms with van der Waals surface area (Å²) in [5.41, 5.74) is 2.08. The molecule has 0 aliphatic rings. The highest BCUT2D eigenvalue weighted by atomic mass is 35.5. The van der Waals surface area contributed by atoms with Crippen LogP contribution >= 0.6 is 23.4 Å². The Hall–Kier alpha value is -0.870. The SMILES string of the molecule is CCC(CSC)n1c(C(C)Cl)nc2ccc(OC)cc21. The molecular formula is C15H21ClN2OS. The standard InChI is InChI=1S/C15H21ClN2OS/c1-5-11(9-20-4)18-14-8-12(19-3)6-7-13(14)17-15(18)10(2)16/h6-8,10-11H,5,9H2,1-4H3. The van der Waals surface area contributed by atoms with Gasteiger partial charge in [0.05, 0.1) is 23.5 Å². The average Bonchev–Trinajstić information content (AvgIpc) is 2.83. The highest BCUT2D eigenvalue weighted by molar-refractivity contribution is 7.98. The van der Waals surface area contributed by atoms with Crippen LogP contribution in [-0.2, 0) is 0 Å². The summed E-state index contributed by atoms with van der Waals surface area (Å²) in [5, 5.41) is -0.107. The number of hydrogen-bond donors (Lipinski definition) is 0. The second-order valence-corrected chi connectivity index (χ2v) is 6.39. The normalized spacial score (nSPS) is 14.4. The minimum absolute atomic E-state index is 0.107. The van der Waals surface area contributed by atoms with Gasteiger partial charge in [0.25, 0.3) is 0 Å². The third kappa shape index (κ3) is 2.91. The molecule has 0 aliphatic carbocycles. The Labute approximate surface area is 129 Å². The fourth-order valence-electron chi connectivity index (χ4n) is 2.45. The number of nitrogens with zero attached hydrogens (tertiary/aromatic N) is 2. The van der Waals surface area contributed by atoms with E-state index in [1.165, 1.54) is 0 Å². The van der Waals surface area contributed by atoms with E-state index in [2.05, 4.69) is 17.7 Å². The van der Waals surface area contributed by atoms with E-state index in [4.69, 9.17) is 21.3 Å². The second kappa shape index (κ2) is 6.72. The quantitative estimate of drug-likeness (QED) is 0.726. The molecule has 20 heavy (non-hydrogen) atoms. The van der Waals surface area contributed by atoms with Gasteiger partial charge in [0, 0.05) is 17.9 Å². The van der Waals surface area contributed by atoms with Gasteiger partial charge in [-0.2, -0.15) is 11.8 Å². The fraction of sp³-hybridized carbons (Fsp3) is 0.533. The first-order valence-corrected chi connectivity index (χ1v) is 8.64. The van der Waals surface area contributed by atoms with Gasteiger partial charge in [-0.1, -0.05) is 6.92 Å². The zero-order chi connectivity index (χ0) is 14.7. The van der Waals surface area contributed by atoms with Crippen molar-refractivity contribution in [3.63, 3.8) is 0 Å². The van der Waals surface area contributed by atoms with Crippen molar-refractivity contribution >= 4 is 34.4 Å². The van der Waals surface area contributed by atoms with Crippen molar-refractivity contribution in [1.29, 1.82) is 0 Å². The van der Waals surface area contributed by atoms with Crippen LogP contribution < -0.4 is 4.74 Å². The zero-order valence-corrected chi connectivity index (χ0v) is 14.0. The van der Waals surface area contributed by atoms with E-state index >= 15 is 0 Å². The number of halogens is 1. The lowest BCUT2D eigenvalue weighted by Gasteiger charge is -2.20. The predicted octanol–water partition coefficient (Wildman–Crippen LogP) is 4.66. The zero-order valence-electron chi connectivity index (χ0n) is 12.4. The average molecular weight is 313 g/mol. The van der Waals surface area contributed by atoms with Crippen LogP contribution in [-0.4, -0.2) is 28.7 Å². The van der Waals surface area contributed by atoms with Gasteiger partial charge in [-0.05, 0) is 31.7 Å². The number of rotatable bonds is 6. The molecule has 0 spiro atoms. The molecule has 0 fully saturated rings. The molecule has 1 aromatic heterocycles. The Balaban J connectivity index is 2.65. The minimum Gasteiger partial charge on any atom is -0.497 e. The van der Waals surface area contributed by atoms with Crippen molar-refractivity contribution in [2.45, 2.75) is 31.7 Å². The molecule has 0 saturated heterocycles. The van der Waals surface area contributed by atoms with Gasteiger partial charge < -0.3 is 9.30 Å². The highest BCUT2D eigenvalue weighted by Gasteiger charge is 2.20. The number of methoxy groups -OCH3 is 1. The van der Waals surface area contributed by atoms with Crippen molar-refractivity contribution in [1.82, 2.24) is 9.55 Å².